The van der Waals surface area contributed by atoms with Crippen LogP contribution in [0.15, 0.2) is 45.6 Å². The van der Waals surface area contributed by atoms with Crippen LogP contribution in [0.1, 0.15) is 22.3 Å². The van der Waals surface area contributed by atoms with Crippen LogP contribution in [0.2, 0.25) is 0 Å². The minimum atomic E-state index is -0.568. The summed E-state index contributed by atoms with van der Waals surface area (Å²) >= 11 is 0. The molecule has 1 aromatic heterocycles. The summed E-state index contributed by atoms with van der Waals surface area (Å²) in [6.07, 6.45) is -0.0841. The van der Waals surface area contributed by atoms with E-state index < -0.39 is 5.63 Å². The van der Waals surface area contributed by atoms with Crippen LogP contribution >= 0.6 is 0 Å². The molecule has 2 N–H and O–H groups in total. The van der Waals surface area contributed by atoms with Crippen molar-refractivity contribution in [2.24, 2.45) is 0 Å². The van der Waals surface area contributed by atoms with E-state index in [0.717, 1.165) is 5.56 Å². The Labute approximate surface area is 156 Å². The van der Waals surface area contributed by atoms with Crippen LogP contribution in [0, 0.1) is 13.8 Å². The van der Waals surface area contributed by atoms with Gasteiger partial charge in [-0.3, -0.25) is 4.79 Å². The summed E-state index contributed by atoms with van der Waals surface area (Å²) < 4.78 is 10.6. The minimum Gasteiger partial charge on any atom is -0.508 e. The first-order valence-corrected chi connectivity index (χ1v) is 8.55. The average molecular weight is 367 g/mol. The third-order valence-electron chi connectivity index (χ3n) is 4.68. The maximum atomic E-state index is 12.4. The lowest BCUT2D eigenvalue weighted by Gasteiger charge is -2.11. The number of hydrogen-bond acceptors (Lipinski definition) is 5. The number of carbonyl (C=O) groups is 1. The van der Waals surface area contributed by atoms with Gasteiger partial charge in [0.25, 0.3) is 0 Å². The number of phenolic OH excluding ortho intramolecular Hbond substituents is 1. The van der Waals surface area contributed by atoms with Gasteiger partial charge in [-0.05, 0) is 37.6 Å². The molecule has 0 aliphatic heterocycles. The number of ether oxygens (including phenoxy) is 1. The molecule has 0 bridgehead atoms. The number of fused-ring (bicyclic) bond motifs is 1. The Kier molecular flexibility index (Phi) is 5.16. The van der Waals surface area contributed by atoms with Crippen molar-refractivity contribution in [3.63, 3.8) is 0 Å². The Morgan fingerprint density at radius 1 is 1.15 bits per heavy atom. The van der Waals surface area contributed by atoms with E-state index in [0.29, 0.717) is 40.0 Å². The number of benzene rings is 2. The van der Waals surface area contributed by atoms with Gasteiger partial charge >= 0.3 is 5.63 Å². The topological polar surface area (TPSA) is 88.8 Å². The monoisotopic (exact) mass is 367 g/mol. The molecule has 0 spiro atoms. The number of hydrogen-bond donors (Lipinski definition) is 2. The largest absolute Gasteiger partial charge is 0.508 e. The number of phenols is 1. The van der Waals surface area contributed by atoms with E-state index in [2.05, 4.69) is 5.32 Å². The number of amides is 1. The zero-order chi connectivity index (χ0) is 19.6. The lowest BCUT2D eigenvalue weighted by Crippen LogP contribution is -2.27. The average Bonchev–Trinajstić information content (AvgIpc) is 2.67. The zero-order valence-electron chi connectivity index (χ0n) is 15.5. The second-order valence-corrected chi connectivity index (χ2v) is 6.34. The van der Waals surface area contributed by atoms with Gasteiger partial charge in [0.05, 0.1) is 19.1 Å². The molecule has 0 aliphatic rings. The Balaban J connectivity index is 1.83. The second kappa shape index (κ2) is 7.53. The van der Waals surface area contributed by atoms with Gasteiger partial charge in [0, 0.05) is 23.1 Å². The standard InChI is InChI=1S/C21H21NO5/c1-12-15-8-9-17(23)13(2)20(15)27-21(25)16(12)10-19(24)22-11-14-6-4-5-7-18(14)26-3/h4-9,23H,10-11H2,1-3H3,(H,22,24). The molecule has 2 aromatic carbocycles. The van der Waals surface area contributed by atoms with Crippen molar-refractivity contribution >= 4 is 16.9 Å². The molecule has 0 unspecified atom stereocenters. The van der Waals surface area contributed by atoms with Crippen LogP contribution in [0.4, 0.5) is 0 Å². The molecule has 1 heterocycles. The fraction of sp³-hybridized carbons (Fsp3) is 0.238. The number of nitrogens with one attached hydrogen (secondary N) is 1. The van der Waals surface area contributed by atoms with Crippen LogP contribution in [-0.2, 0) is 17.8 Å². The molecule has 0 saturated heterocycles. The van der Waals surface area contributed by atoms with E-state index in [4.69, 9.17) is 9.15 Å². The van der Waals surface area contributed by atoms with Gasteiger partial charge in [0.2, 0.25) is 5.91 Å². The van der Waals surface area contributed by atoms with Gasteiger partial charge in [-0.25, -0.2) is 4.79 Å². The van der Waals surface area contributed by atoms with Crippen molar-refractivity contribution in [1.29, 1.82) is 0 Å². The van der Waals surface area contributed by atoms with Gasteiger partial charge < -0.3 is 19.6 Å². The normalized spacial score (nSPS) is 10.8. The first-order valence-electron chi connectivity index (χ1n) is 8.55. The number of carbonyl (C=O) groups excluding carboxylic acids is 1. The summed E-state index contributed by atoms with van der Waals surface area (Å²) in [6, 6.07) is 10.6. The summed E-state index contributed by atoms with van der Waals surface area (Å²) in [7, 11) is 1.57. The molecule has 1 amide bonds. The quantitative estimate of drug-likeness (QED) is 0.677. The lowest BCUT2D eigenvalue weighted by atomic mass is 10.0. The molecule has 3 rings (SSSR count). The van der Waals surface area contributed by atoms with E-state index >= 15 is 0 Å². The molecule has 0 radical (unpaired) electrons. The number of methoxy groups -OCH3 is 1. The predicted molar refractivity (Wildman–Crippen MR) is 102 cm³/mol. The van der Waals surface area contributed by atoms with E-state index in [1.807, 2.05) is 24.3 Å². The van der Waals surface area contributed by atoms with Gasteiger partial charge in [0.15, 0.2) is 0 Å². The molecular weight excluding hydrogens is 346 g/mol. The highest BCUT2D eigenvalue weighted by molar-refractivity contribution is 5.87. The predicted octanol–water partition coefficient (Wildman–Crippen LogP) is 2.98. The molecule has 0 fully saturated rings. The lowest BCUT2D eigenvalue weighted by molar-refractivity contribution is -0.120. The van der Waals surface area contributed by atoms with Crippen LogP contribution in [0.3, 0.4) is 0 Å². The molecule has 6 nitrogen and oxygen atoms in total. The van der Waals surface area contributed by atoms with E-state index in [9.17, 15) is 14.7 Å². The maximum absolute atomic E-state index is 12.4. The first kappa shape index (κ1) is 18.5. The molecular formula is C21H21NO5. The molecule has 140 valence electrons. The fourth-order valence-corrected chi connectivity index (χ4v) is 3.05. The van der Waals surface area contributed by atoms with Crippen LogP contribution in [-0.4, -0.2) is 18.1 Å². The summed E-state index contributed by atoms with van der Waals surface area (Å²) in [5.74, 6) is 0.466. The highest BCUT2D eigenvalue weighted by Crippen LogP contribution is 2.28. The van der Waals surface area contributed by atoms with E-state index in [-0.39, 0.29) is 18.1 Å². The van der Waals surface area contributed by atoms with Gasteiger partial charge in [0.1, 0.15) is 17.1 Å². The Hall–Kier alpha value is -3.28. The van der Waals surface area contributed by atoms with E-state index in [1.54, 1.807) is 33.1 Å². The summed E-state index contributed by atoms with van der Waals surface area (Å²) in [6.45, 7) is 3.76. The van der Waals surface area contributed by atoms with Gasteiger partial charge in [-0.15, -0.1) is 0 Å². The Morgan fingerprint density at radius 2 is 1.89 bits per heavy atom. The molecule has 3 aromatic rings. The minimum absolute atomic E-state index is 0.0624. The number of aromatic hydroxyl groups is 1. The van der Waals surface area contributed by atoms with Crippen molar-refractivity contribution in [1.82, 2.24) is 5.32 Å². The Morgan fingerprint density at radius 3 is 2.63 bits per heavy atom. The van der Waals surface area contributed by atoms with Crippen LogP contribution in [0.5, 0.6) is 11.5 Å². The van der Waals surface area contributed by atoms with Crippen molar-refractivity contribution in [3.05, 3.63) is 69.1 Å². The van der Waals surface area contributed by atoms with Crippen molar-refractivity contribution < 1.29 is 19.1 Å². The van der Waals surface area contributed by atoms with Crippen LogP contribution < -0.4 is 15.7 Å². The summed E-state index contributed by atoms with van der Waals surface area (Å²) in [5, 5.41) is 13.3. The summed E-state index contributed by atoms with van der Waals surface area (Å²) in [4.78, 5) is 24.8. The highest BCUT2D eigenvalue weighted by atomic mass is 16.5. The SMILES string of the molecule is COc1ccccc1CNC(=O)Cc1c(C)c2ccc(O)c(C)c2oc1=O. The van der Waals surface area contributed by atoms with Crippen molar-refractivity contribution in [3.8, 4) is 11.5 Å². The molecule has 27 heavy (non-hydrogen) atoms. The van der Waals surface area contributed by atoms with Crippen LogP contribution in [0.25, 0.3) is 11.0 Å². The van der Waals surface area contributed by atoms with Crippen molar-refractivity contribution in [2.75, 3.05) is 7.11 Å². The first-order chi connectivity index (χ1) is 12.9. The van der Waals surface area contributed by atoms with Crippen molar-refractivity contribution in [2.45, 2.75) is 26.8 Å². The number of aryl methyl sites for hydroxylation is 2. The molecule has 0 saturated carbocycles. The second-order valence-electron chi connectivity index (χ2n) is 6.34. The van der Waals surface area contributed by atoms with Gasteiger partial charge in [-0.2, -0.15) is 0 Å². The third kappa shape index (κ3) is 3.65. The number of para-hydroxylation sites is 1. The zero-order valence-corrected chi connectivity index (χ0v) is 15.5. The van der Waals surface area contributed by atoms with E-state index in [1.165, 1.54) is 0 Å². The number of rotatable bonds is 5. The smallest absolute Gasteiger partial charge is 0.340 e. The maximum Gasteiger partial charge on any atom is 0.340 e. The Bertz CT molecular complexity index is 1070. The third-order valence-corrected chi connectivity index (χ3v) is 4.68. The molecule has 0 aliphatic carbocycles. The molecule has 0 atom stereocenters. The van der Waals surface area contributed by atoms with Gasteiger partial charge in [-0.1, -0.05) is 18.2 Å². The summed E-state index contributed by atoms with van der Waals surface area (Å²) in [5.41, 5.74) is 2.11. The highest BCUT2D eigenvalue weighted by Gasteiger charge is 2.17. The molecule has 6 heteroatoms. The fourth-order valence-electron chi connectivity index (χ4n) is 3.05.